The van der Waals surface area contributed by atoms with E-state index in [1.807, 2.05) is 0 Å². The zero-order valence-electron chi connectivity index (χ0n) is 6.19. The molecular formula is C6H7N3O3. The zero-order chi connectivity index (χ0) is 8.39. The van der Waals surface area contributed by atoms with Crippen LogP contribution in [0.25, 0.3) is 0 Å². The first kappa shape index (κ1) is 6.96. The van der Waals surface area contributed by atoms with Crippen LogP contribution in [0.5, 0.6) is 0 Å². The van der Waals surface area contributed by atoms with Gasteiger partial charge in [0.2, 0.25) is 0 Å². The maximum Gasteiger partial charge on any atom is 0.428 e. The minimum atomic E-state index is -0.391. The molecule has 1 amide bonds. The van der Waals surface area contributed by atoms with Crippen molar-refractivity contribution in [2.45, 2.75) is 0 Å². The van der Waals surface area contributed by atoms with Gasteiger partial charge in [0.25, 0.3) is 0 Å². The Bertz CT molecular complexity index is 272. The van der Waals surface area contributed by atoms with Gasteiger partial charge in [-0.2, -0.15) is 0 Å². The SMILES string of the molecule is O=C1OCCN1Nc1ccon1. The quantitative estimate of drug-likeness (QED) is 0.696. The molecule has 0 atom stereocenters. The predicted octanol–water partition coefficient (Wildman–Crippen LogP) is 0.454. The minimum absolute atomic E-state index is 0.391. The van der Waals surface area contributed by atoms with Gasteiger partial charge in [-0.05, 0) is 0 Å². The van der Waals surface area contributed by atoms with Crippen LogP contribution in [0.4, 0.5) is 10.6 Å². The van der Waals surface area contributed by atoms with E-state index in [9.17, 15) is 4.79 Å². The molecule has 0 saturated carbocycles. The second kappa shape index (κ2) is 2.72. The van der Waals surface area contributed by atoms with Crippen molar-refractivity contribution >= 4 is 11.9 Å². The lowest BCUT2D eigenvalue weighted by atomic mass is 10.6. The van der Waals surface area contributed by atoms with Gasteiger partial charge < -0.3 is 9.26 Å². The van der Waals surface area contributed by atoms with E-state index in [1.54, 1.807) is 6.07 Å². The third-order valence-electron chi connectivity index (χ3n) is 1.45. The Hall–Kier alpha value is -1.72. The lowest BCUT2D eigenvalue weighted by molar-refractivity contribution is 0.163. The Morgan fingerprint density at radius 1 is 1.67 bits per heavy atom. The molecule has 1 aliphatic rings. The predicted molar refractivity (Wildman–Crippen MR) is 38.2 cm³/mol. The molecule has 6 heteroatoms. The van der Waals surface area contributed by atoms with Gasteiger partial charge in [-0.3, -0.25) is 5.43 Å². The summed E-state index contributed by atoms with van der Waals surface area (Å²) in [5, 5.41) is 4.91. The number of hydrazine groups is 1. The first-order valence-corrected chi connectivity index (χ1v) is 3.47. The molecule has 1 aliphatic heterocycles. The maximum absolute atomic E-state index is 10.9. The Labute approximate surface area is 68.0 Å². The second-order valence-corrected chi connectivity index (χ2v) is 2.26. The summed E-state index contributed by atoms with van der Waals surface area (Å²) in [6.45, 7) is 0.926. The number of nitrogens with zero attached hydrogens (tertiary/aromatic N) is 2. The van der Waals surface area contributed by atoms with Gasteiger partial charge in [0.1, 0.15) is 12.9 Å². The largest absolute Gasteiger partial charge is 0.446 e. The fourth-order valence-corrected chi connectivity index (χ4v) is 0.903. The average molecular weight is 169 g/mol. The molecule has 0 spiro atoms. The van der Waals surface area contributed by atoms with Crippen molar-refractivity contribution in [2.24, 2.45) is 0 Å². The van der Waals surface area contributed by atoms with Crippen molar-refractivity contribution in [1.82, 2.24) is 10.2 Å². The van der Waals surface area contributed by atoms with Gasteiger partial charge in [0.05, 0.1) is 6.54 Å². The molecule has 0 radical (unpaired) electrons. The fourth-order valence-electron chi connectivity index (χ4n) is 0.903. The molecular weight excluding hydrogens is 162 g/mol. The number of ether oxygens (including phenoxy) is 1. The molecule has 0 bridgehead atoms. The van der Waals surface area contributed by atoms with Gasteiger partial charge in [-0.25, -0.2) is 9.80 Å². The molecule has 1 aromatic heterocycles. The number of nitrogens with one attached hydrogen (secondary N) is 1. The van der Waals surface area contributed by atoms with Gasteiger partial charge >= 0.3 is 6.09 Å². The van der Waals surface area contributed by atoms with Crippen molar-refractivity contribution in [3.05, 3.63) is 12.3 Å². The Balaban J connectivity index is 1.99. The number of carbonyl (C=O) groups excluding carboxylic acids is 1. The van der Waals surface area contributed by atoms with E-state index < -0.39 is 6.09 Å². The summed E-state index contributed by atoms with van der Waals surface area (Å²) in [6.07, 6.45) is 1.03. The van der Waals surface area contributed by atoms with Crippen molar-refractivity contribution in [1.29, 1.82) is 0 Å². The van der Waals surface area contributed by atoms with Gasteiger partial charge in [-0.15, -0.1) is 0 Å². The lowest BCUT2D eigenvalue weighted by Gasteiger charge is -2.11. The molecule has 64 valence electrons. The molecule has 1 aromatic rings. The zero-order valence-corrected chi connectivity index (χ0v) is 6.19. The second-order valence-electron chi connectivity index (χ2n) is 2.26. The summed E-state index contributed by atoms with van der Waals surface area (Å²) in [7, 11) is 0. The summed E-state index contributed by atoms with van der Waals surface area (Å²) >= 11 is 0. The van der Waals surface area contributed by atoms with Crippen molar-refractivity contribution in [2.75, 3.05) is 18.6 Å². The first-order chi connectivity index (χ1) is 5.86. The number of anilines is 1. The molecule has 0 aliphatic carbocycles. The summed E-state index contributed by atoms with van der Waals surface area (Å²) in [5.74, 6) is 0.494. The minimum Gasteiger partial charge on any atom is -0.446 e. The van der Waals surface area contributed by atoms with Gasteiger partial charge in [-0.1, -0.05) is 5.16 Å². The highest BCUT2D eigenvalue weighted by atomic mass is 16.6. The van der Waals surface area contributed by atoms with Crippen LogP contribution in [0, 0.1) is 0 Å². The van der Waals surface area contributed by atoms with Gasteiger partial charge in [0.15, 0.2) is 5.82 Å². The van der Waals surface area contributed by atoms with E-state index in [0.717, 1.165) is 0 Å². The van der Waals surface area contributed by atoms with Crippen molar-refractivity contribution in [3.63, 3.8) is 0 Å². The van der Waals surface area contributed by atoms with E-state index in [4.69, 9.17) is 0 Å². The van der Waals surface area contributed by atoms with Crippen LogP contribution in [0.3, 0.4) is 0 Å². The molecule has 0 unspecified atom stereocenters. The maximum atomic E-state index is 10.9. The number of hydrogen-bond acceptors (Lipinski definition) is 5. The molecule has 1 fully saturated rings. The van der Waals surface area contributed by atoms with Crippen LogP contribution in [-0.4, -0.2) is 29.4 Å². The molecule has 2 heterocycles. The van der Waals surface area contributed by atoms with E-state index >= 15 is 0 Å². The van der Waals surface area contributed by atoms with Crippen LogP contribution < -0.4 is 5.43 Å². The molecule has 0 aromatic carbocycles. The van der Waals surface area contributed by atoms with Crippen LogP contribution in [0.2, 0.25) is 0 Å². The Kier molecular flexibility index (Phi) is 1.58. The number of carbonyl (C=O) groups is 1. The Morgan fingerprint density at radius 2 is 2.58 bits per heavy atom. The monoisotopic (exact) mass is 169 g/mol. The van der Waals surface area contributed by atoms with E-state index in [1.165, 1.54) is 11.3 Å². The van der Waals surface area contributed by atoms with Crippen LogP contribution >= 0.6 is 0 Å². The highest BCUT2D eigenvalue weighted by Crippen LogP contribution is 2.07. The molecule has 6 nitrogen and oxygen atoms in total. The summed E-state index contributed by atoms with van der Waals surface area (Å²) in [4.78, 5) is 10.9. The summed E-state index contributed by atoms with van der Waals surface area (Å²) in [6, 6.07) is 1.62. The third-order valence-corrected chi connectivity index (χ3v) is 1.45. The first-order valence-electron chi connectivity index (χ1n) is 3.47. The standard InChI is InChI=1S/C6H7N3O3/c10-6-9(2-4-11-6)7-5-1-3-12-8-5/h1,3H,2,4H2,(H,7,8). The van der Waals surface area contributed by atoms with Crippen LogP contribution in [0.15, 0.2) is 16.9 Å². The molecule has 1 saturated heterocycles. The normalized spacial score (nSPS) is 16.3. The number of rotatable bonds is 2. The number of cyclic esters (lactones) is 1. The highest BCUT2D eigenvalue weighted by molar-refractivity contribution is 5.70. The smallest absolute Gasteiger partial charge is 0.428 e. The molecule has 12 heavy (non-hydrogen) atoms. The fraction of sp³-hybridized carbons (Fsp3) is 0.333. The lowest BCUT2D eigenvalue weighted by Crippen LogP contribution is -2.30. The molecule has 1 N–H and O–H groups in total. The molecule has 2 rings (SSSR count). The van der Waals surface area contributed by atoms with Gasteiger partial charge in [0, 0.05) is 6.07 Å². The number of aromatic nitrogens is 1. The summed E-state index contributed by atoms with van der Waals surface area (Å²) in [5.41, 5.74) is 2.72. The van der Waals surface area contributed by atoms with E-state index in [0.29, 0.717) is 19.0 Å². The Morgan fingerprint density at radius 3 is 3.17 bits per heavy atom. The third kappa shape index (κ3) is 1.18. The van der Waals surface area contributed by atoms with Crippen LogP contribution in [0.1, 0.15) is 0 Å². The summed E-state index contributed by atoms with van der Waals surface area (Å²) < 4.78 is 9.25. The highest BCUT2D eigenvalue weighted by Gasteiger charge is 2.22. The average Bonchev–Trinajstić information content (AvgIpc) is 2.65. The van der Waals surface area contributed by atoms with E-state index in [-0.39, 0.29) is 0 Å². The van der Waals surface area contributed by atoms with E-state index in [2.05, 4.69) is 19.8 Å². The van der Waals surface area contributed by atoms with Crippen molar-refractivity contribution in [3.8, 4) is 0 Å². The topological polar surface area (TPSA) is 67.6 Å². The number of amides is 1. The van der Waals surface area contributed by atoms with Crippen LogP contribution in [-0.2, 0) is 4.74 Å². The number of hydrogen-bond donors (Lipinski definition) is 1. The van der Waals surface area contributed by atoms with Crippen molar-refractivity contribution < 1.29 is 14.1 Å².